The quantitative estimate of drug-likeness (QED) is 0.914. The van der Waals surface area contributed by atoms with Crippen LogP contribution in [0.3, 0.4) is 0 Å². The SMILES string of the molecule is O=C(O)c1ccc(C(=O)N2CCC(C(F)(F)F)CC2)cc1. The van der Waals surface area contributed by atoms with Crippen LogP contribution in [-0.2, 0) is 0 Å². The van der Waals surface area contributed by atoms with Crippen LogP contribution in [0.25, 0.3) is 0 Å². The number of aromatic carboxylic acids is 1. The van der Waals surface area contributed by atoms with Crippen LogP contribution in [-0.4, -0.2) is 41.1 Å². The molecule has 1 aromatic rings. The van der Waals surface area contributed by atoms with Gasteiger partial charge in [-0.15, -0.1) is 0 Å². The Morgan fingerprint density at radius 3 is 1.95 bits per heavy atom. The van der Waals surface area contributed by atoms with Gasteiger partial charge in [0.15, 0.2) is 0 Å². The van der Waals surface area contributed by atoms with Crippen molar-refractivity contribution in [2.45, 2.75) is 19.0 Å². The number of halogens is 3. The van der Waals surface area contributed by atoms with E-state index in [2.05, 4.69) is 0 Å². The summed E-state index contributed by atoms with van der Waals surface area (Å²) in [5, 5.41) is 8.77. The van der Waals surface area contributed by atoms with E-state index in [0.29, 0.717) is 0 Å². The minimum Gasteiger partial charge on any atom is -0.478 e. The van der Waals surface area contributed by atoms with E-state index in [1.54, 1.807) is 0 Å². The Morgan fingerprint density at radius 1 is 1.05 bits per heavy atom. The number of carbonyl (C=O) groups excluding carboxylic acids is 1. The third-order valence-corrected chi connectivity index (χ3v) is 3.62. The first-order valence-electron chi connectivity index (χ1n) is 6.48. The zero-order valence-electron chi connectivity index (χ0n) is 11.1. The number of piperidine rings is 1. The van der Waals surface area contributed by atoms with E-state index in [-0.39, 0.29) is 43.0 Å². The Balaban J connectivity index is 2.00. The first kappa shape index (κ1) is 15.3. The maximum absolute atomic E-state index is 12.6. The Bertz CT molecular complexity index is 531. The maximum Gasteiger partial charge on any atom is 0.391 e. The third kappa shape index (κ3) is 3.53. The molecular formula is C14H14F3NO3. The summed E-state index contributed by atoms with van der Waals surface area (Å²) in [5.74, 6) is -2.82. The number of amides is 1. The van der Waals surface area contributed by atoms with Crippen LogP contribution < -0.4 is 0 Å². The number of carbonyl (C=O) groups is 2. The standard InChI is InChI=1S/C14H14F3NO3/c15-14(16,17)11-5-7-18(8-6-11)12(19)9-1-3-10(4-2-9)13(20)21/h1-4,11H,5-8H2,(H,20,21). The molecule has 1 fully saturated rings. The minimum absolute atomic E-state index is 0.0577. The van der Waals surface area contributed by atoms with Crippen LogP contribution in [0, 0.1) is 5.92 Å². The van der Waals surface area contributed by atoms with Crippen LogP contribution >= 0.6 is 0 Å². The molecule has 1 saturated heterocycles. The molecule has 0 saturated carbocycles. The second-order valence-electron chi connectivity index (χ2n) is 4.99. The molecule has 1 amide bonds. The molecule has 4 nitrogen and oxygen atoms in total. The monoisotopic (exact) mass is 301 g/mol. The van der Waals surface area contributed by atoms with Gasteiger partial charge < -0.3 is 10.0 Å². The summed E-state index contributed by atoms with van der Waals surface area (Å²) in [4.78, 5) is 24.2. The van der Waals surface area contributed by atoms with E-state index >= 15 is 0 Å². The van der Waals surface area contributed by atoms with Gasteiger partial charge in [-0.05, 0) is 37.1 Å². The average molecular weight is 301 g/mol. The summed E-state index contributed by atoms with van der Waals surface area (Å²) < 4.78 is 37.7. The van der Waals surface area contributed by atoms with Crippen LogP contribution in [0.1, 0.15) is 33.6 Å². The van der Waals surface area contributed by atoms with Gasteiger partial charge >= 0.3 is 12.1 Å². The fourth-order valence-electron chi connectivity index (χ4n) is 2.35. The molecule has 114 valence electrons. The highest BCUT2D eigenvalue weighted by Gasteiger charge is 2.41. The summed E-state index contributed by atoms with van der Waals surface area (Å²) in [7, 11) is 0. The highest BCUT2D eigenvalue weighted by atomic mass is 19.4. The lowest BCUT2D eigenvalue weighted by molar-refractivity contribution is -0.183. The maximum atomic E-state index is 12.6. The van der Waals surface area contributed by atoms with Gasteiger partial charge in [0.2, 0.25) is 0 Å². The zero-order valence-corrected chi connectivity index (χ0v) is 11.1. The van der Waals surface area contributed by atoms with Crippen LogP contribution in [0.2, 0.25) is 0 Å². The lowest BCUT2D eigenvalue weighted by atomic mass is 9.96. The molecular weight excluding hydrogens is 287 g/mol. The molecule has 1 aromatic carbocycles. The number of rotatable bonds is 2. The van der Waals surface area contributed by atoms with Crippen LogP contribution in [0.5, 0.6) is 0 Å². The topological polar surface area (TPSA) is 57.6 Å². The number of carboxylic acid groups (broad SMARTS) is 1. The van der Waals surface area contributed by atoms with Gasteiger partial charge in [-0.1, -0.05) is 0 Å². The molecule has 0 unspecified atom stereocenters. The summed E-state index contributed by atoms with van der Waals surface area (Å²) in [6, 6.07) is 5.36. The largest absolute Gasteiger partial charge is 0.478 e. The van der Waals surface area contributed by atoms with Crippen molar-refractivity contribution in [3.8, 4) is 0 Å². The van der Waals surface area contributed by atoms with Gasteiger partial charge in [0.25, 0.3) is 5.91 Å². The predicted molar refractivity (Wildman–Crippen MR) is 68.1 cm³/mol. The zero-order chi connectivity index (χ0) is 15.6. The normalized spacial score (nSPS) is 16.8. The molecule has 1 aliphatic rings. The van der Waals surface area contributed by atoms with Crippen LogP contribution in [0.15, 0.2) is 24.3 Å². The summed E-state index contributed by atoms with van der Waals surface area (Å²) >= 11 is 0. The van der Waals surface area contributed by atoms with Crippen molar-refractivity contribution in [1.29, 1.82) is 0 Å². The smallest absolute Gasteiger partial charge is 0.391 e. The van der Waals surface area contributed by atoms with Crippen molar-refractivity contribution >= 4 is 11.9 Å². The number of alkyl halides is 3. The van der Waals surface area contributed by atoms with E-state index in [9.17, 15) is 22.8 Å². The molecule has 7 heteroatoms. The molecule has 0 atom stereocenters. The Morgan fingerprint density at radius 2 is 1.52 bits per heavy atom. The first-order chi connectivity index (χ1) is 9.79. The van der Waals surface area contributed by atoms with E-state index in [1.165, 1.54) is 29.2 Å². The first-order valence-corrected chi connectivity index (χ1v) is 6.48. The average Bonchev–Trinajstić information content (AvgIpc) is 2.46. The van der Waals surface area contributed by atoms with Gasteiger partial charge in [-0.25, -0.2) is 4.79 Å². The molecule has 0 aromatic heterocycles. The van der Waals surface area contributed by atoms with Gasteiger partial charge in [-0.2, -0.15) is 13.2 Å². The van der Waals surface area contributed by atoms with E-state index in [0.717, 1.165) is 0 Å². The fourth-order valence-corrected chi connectivity index (χ4v) is 2.35. The lowest BCUT2D eigenvalue weighted by Gasteiger charge is -2.33. The molecule has 0 aliphatic carbocycles. The molecule has 1 aliphatic heterocycles. The molecule has 0 spiro atoms. The van der Waals surface area contributed by atoms with Crippen LogP contribution in [0.4, 0.5) is 13.2 Å². The van der Waals surface area contributed by atoms with Gasteiger partial charge in [0.05, 0.1) is 11.5 Å². The Kier molecular flexibility index (Phi) is 4.20. The highest BCUT2D eigenvalue weighted by Crippen LogP contribution is 2.34. The summed E-state index contributed by atoms with van der Waals surface area (Å²) in [6.45, 7) is 0.118. The molecule has 0 radical (unpaired) electrons. The third-order valence-electron chi connectivity index (χ3n) is 3.62. The molecule has 1 N–H and O–H groups in total. The summed E-state index contributed by atoms with van der Waals surface area (Å²) in [5.41, 5.74) is 0.341. The second kappa shape index (κ2) is 5.75. The van der Waals surface area contributed by atoms with Crippen molar-refractivity contribution in [3.05, 3.63) is 35.4 Å². The Hall–Kier alpha value is -2.05. The minimum atomic E-state index is -4.21. The lowest BCUT2D eigenvalue weighted by Crippen LogP contribution is -2.42. The highest BCUT2D eigenvalue weighted by molar-refractivity contribution is 5.95. The number of nitrogens with zero attached hydrogens (tertiary/aromatic N) is 1. The van der Waals surface area contributed by atoms with Crippen molar-refractivity contribution in [2.24, 2.45) is 5.92 Å². The van der Waals surface area contributed by atoms with E-state index < -0.39 is 18.1 Å². The molecule has 21 heavy (non-hydrogen) atoms. The van der Waals surface area contributed by atoms with Gasteiger partial charge in [-0.3, -0.25) is 4.79 Å². The van der Waals surface area contributed by atoms with Crippen molar-refractivity contribution in [2.75, 3.05) is 13.1 Å². The molecule has 2 rings (SSSR count). The number of hydrogen-bond acceptors (Lipinski definition) is 2. The summed E-state index contributed by atoms with van der Waals surface area (Å²) in [6.07, 6.45) is -4.40. The van der Waals surface area contributed by atoms with Crippen molar-refractivity contribution < 1.29 is 27.9 Å². The van der Waals surface area contributed by atoms with Crippen molar-refractivity contribution in [3.63, 3.8) is 0 Å². The number of carboxylic acids is 1. The molecule has 1 heterocycles. The predicted octanol–water partition coefficient (Wildman–Crippen LogP) is 2.80. The Labute approximate surface area is 119 Å². The molecule has 0 bridgehead atoms. The van der Waals surface area contributed by atoms with E-state index in [1.807, 2.05) is 0 Å². The fraction of sp³-hybridized carbons (Fsp3) is 0.429. The van der Waals surface area contributed by atoms with E-state index in [4.69, 9.17) is 5.11 Å². The second-order valence-corrected chi connectivity index (χ2v) is 4.99. The van der Waals surface area contributed by atoms with Crippen molar-refractivity contribution in [1.82, 2.24) is 4.90 Å². The number of likely N-dealkylation sites (tertiary alicyclic amines) is 1. The van der Waals surface area contributed by atoms with Gasteiger partial charge in [0, 0.05) is 18.7 Å². The number of hydrogen-bond donors (Lipinski definition) is 1. The van der Waals surface area contributed by atoms with Gasteiger partial charge in [0.1, 0.15) is 0 Å². The number of benzene rings is 1.